The number of aromatic amines is 1. The molecular weight excluding hydrogens is 303 g/mol. The minimum Gasteiger partial charge on any atom is -0.360 e. The number of amides is 1. The lowest BCUT2D eigenvalue weighted by Crippen LogP contribution is -2.12. The van der Waals surface area contributed by atoms with Gasteiger partial charge >= 0.3 is 0 Å². The number of hydrogen-bond acceptors (Lipinski definition) is 1. The summed E-state index contributed by atoms with van der Waals surface area (Å²) in [5.41, 5.74) is 2.15. The monoisotopic (exact) mass is 316 g/mol. The molecule has 1 amide bonds. The molecule has 0 aliphatic heterocycles. The molecule has 1 aromatic heterocycles. The van der Waals surface area contributed by atoms with Crippen molar-refractivity contribution in [1.82, 2.24) is 4.98 Å². The molecule has 5 heteroatoms. The molecule has 0 saturated carbocycles. The third kappa shape index (κ3) is 2.57. The first-order valence-electron chi connectivity index (χ1n) is 6.95. The van der Waals surface area contributed by atoms with E-state index in [9.17, 15) is 9.18 Å². The lowest BCUT2D eigenvalue weighted by molar-refractivity contribution is 0.102. The summed E-state index contributed by atoms with van der Waals surface area (Å²) in [6, 6.07) is 10.3. The van der Waals surface area contributed by atoms with E-state index in [1.165, 1.54) is 6.07 Å². The van der Waals surface area contributed by atoms with E-state index in [-0.39, 0.29) is 17.4 Å². The second kappa shape index (κ2) is 5.81. The summed E-state index contributed by atoms with van der Waals surface area (Å²) in [6.45, 7) is 1.85. The Hall–Kier alpha value is -2.33. The molecule has 0 radical (unpaired) electrons. The van der Waals surface area contributed by atoms with Crippen LogP contribution in [0.15, 0.2) is 42.6 Å². The van der Waals surface area contributed by atoms with E-state index in [2.05, 4.69) is 10.3 Å². The quantitative estimate of drug-likeness (QED) is 0.718. The molecule has 2 aromatic carbocycles. The van der Waals surface area contributed by atoms with Gasteiger partial charge in [-0.2, -0.15) is 0 Å². The summed E-state index contributed by atoms with van der Waals surface area (Å²) in [5, 5.41) is 3.80. The molecule has 2 N–H and O–H groups in total. The number of anilines is 1. The smallest absolute Gasteiger partial charge is 0.257 e. The number of para-hydroxylation sites is 1. The number of benzene rings is 2. The Kier molecular flexibility index (Phi) is 3.86. The van der Waals surface area contributed by atoms with Crippen LogP contribution in [0, 0.1) is 5.82 Å². The van der Waals surface area contributed by atoms with Gasteiger partial charge < -0.3 is 10.3 Å². The molecule has 0 fully saturated rings. The number of fused-ring (bicyclic) bond motifs is 1. The second-order valence-electron chi connectivity index (χ2n) is 4.98. The van der Waals surface area contributed by atoms with Crippen molar-refractivity contribution in [3.8, 4) is 0 Å². The number of rotatable bonds is 3. The molecule has 3 nitrogen and oxygen atoms in total. The van der Waals surface area contributed by atoms with E-state index in [0.29, 0.717) is 22.6 Å². The minimum absolute atomic E-state index is 0.270. The van der Waals surface area contributed by atoms with Gasteiger partial charge in [0.05, 0.1) is 16.3 Å². The third-order valence-corrected chi connectivity index (χ3v) is 3.91. The zero-order valence-corrected chi connectivity index (χ0v) is 12.7. The number of nitrogens with one attached hydrogen (secondary N) is 2. The van der Waals surface area contributed by atoms with Crippen molar-refractivity contribution in [2.75, 3.05) is 5.32 Å². The molecule has 0 saturated heterocycles. The van der Waals surface area contributed by atoms with Crippen molar-refractivity contribution in [2.24, 2.45) is 0 Å². The molecular formula is C17H14ClFN2O. The number of halogens is 2. The standard InChI is InChI=1S/C17H14ClFN2O/c1-2-10-7-13(18)16(8-14(10)19)21-17(22)12-9-20-15-6-4-3-5-11(12)15/h3-9,20H,2H2,1H3,(H,21,22). The lowest BCUT2D eigenvalue weighted by atomic mass is 10.1. The first-order valence-corrected chi connectivity index (χ1v) is 7.33. The van der Waals surface area contributed by atoms with Crippen LogP contribution in [0.5, 0.6) is 0 Å². The Morgan fingerprint density at radius 1 is 1.32 bits per heavy atom. The molecule has 112 valence electrons. The average Bonchev–Trinajstić information content (AvgIpc) is 2.94. The highest BCUT2D eigenvalue weighted by Gasteiger charge is 2.15. The van der Waals surface area contributed by atoms with Crippen molar-refractivity contribution in [2.45, 2.75) is 13.3 Å². The van der Waals surface area contributed by atoms with Gasteiger partial charge in [-0.1, -0.05) is 36.7 Å². The largest absolute Gasteiger partial charge is 0.360 e. The second-order valence-corrected chi connectivity index (χ2v) is 5.39. The van der Waals surface area contributed by atoms with E-state index in [1.807, 2.05) is 31.2 Å². The van der Waals surface area contributed by atoms with Gasteiger partial charge in [0, 0.05) is 17.1 Å². The normalized spacial score (nSPS) is 10.9. The lowest BCUT2D eigenvalue weighted by Gasteiger charge is -2.09. The van der Waals surface area contributed by atoms with Gasteiger partial charge in [-0.05, 0) is 30.2 Å². The van der Waals surface area contributed by atoms with Crippen molar-refractivity contribution in [1.29, 1.82) is 0 Å². The number of carbonyl (C=O) groups excluding carboxylic acids is 1. The maximum Gasteiger partial charge on any atom is 0.257 e. The number of aryl methyl sites for hydroxylation is 1. The summed E-state index contributed by atoms with van der Waals surface area (Å²) < 4.78 is 13.9. The van der Waals surface area contributed by atoms with Gasteiger partial charge in [0.1, 0.15) is 5.82 Å². The van der Waals surface area contributed by atoms with Gasteiger partial charge in [-0.25, -0.2) is 4.39 Å². The summed E-state index contributed by atoms with van der Waals surface area (Å²) in [6.07, 6.45) is 2.17. The first kappa shape index (κ1) is 14.6. The zero-order chi connectivity index (χ0) is 15.7. The fourth-order valence-corrected chi connectivity index (χ4v) is 2.64. The van der Waals surface area contributed by atoms with Crippen molar-refractivity contribution in [3.05, 3.63) is 64.6 Å². The number of H-pyrrole nitrogens is 1. The van der Waals surface area contributed by atoms with E-state index < -0.39 is 0 Å². The van der Waals surface area contributed by atoms with Crippen LogP contribution >= 0.6 is 11.6 Å². The highest BCUT2D eigenvalue weighted by atomic mass is 35.5. The van der Waals surface area contributed by atoms with E-state index >= 15 is 0 Å². The summed E-state index contributed by atoms with van der Waals surface area (Å²) in [5.74, 6) is -0.705. The maximum absolute atomic E-state index is 13.9. The van der Waals surface area contributed by atoms with E-state index in [0.717, 1.165) is 10.9 Å². The van der Waals surface area contributed by atoms with Crippen LogP contribution in [0.1, 0.15) is 22.8 Å². The molecule has 22 heavy (non-hydrogen) atoms. The van der Waals surface area contributed by atoms with Crippen LogP contribution in [0.25, 0.3) is 10.9 Å². The Labute approximate surface area is 132 Å². The third-order valence-electron chi connectivity index (χ3n) is 3.60. The average molecular weight is 317 g/mol. The van der Waals surface area contributed by atoms with Crippen LogP contribution < -0.4 is 5.32 Å². The van der Waals surface area contributed by atoms with Gasteiger partial charge in [0.2, 0.25) is 0 Å². The summed E-state index contributed by atoms with van der Waals surface area (Å²) >= 11 is 6.11. The number of hydrogen-bond donors (Lipinski definition) is 2. The topological polar surface area (TPSA) is 44.9 Å². The van der Waals surface area contributed by atoms with Crippen LogP contribution in [-0.4, -0.2) is 10.9 Å². The van der Waals surface area contributed by atoms with E-state index in [1.54, 1.807) is 12.3 Å². The molecule has 0 aliphatic rings. The minimum atomic E-state index is -0.374. The highest BCUT2D eigenvalue weighted by molar-refractivity contribution is 6.34. The molecule has 0 unspecified atom stereocenters. The van der Waals surface area contributed by atoms with Crippen molar-refractivity contribution < 1.29 is 9.18 Å². The van der Waals surface area contributed by atoms with Crippen LogP contribution in [0.3, 0.4) is 0 Å². The van der Waals surface area contributed by atoms with Crippen molar-refractivity contribution in [3.63, 3.8) is 0 Å². The fraction of sp³-hybridized carbons (Fsp3) is 0.118. The molecule has 1 heterocycles. The molecule has 3 aromatic rings. The Bertz CT molecular complexity index is 857. The van der Waals surface area contributed by atoms with Gasteiger partial charge in [-0.3, -0.25) is 4.79 Å². The number of aromatic nitrogens is 1. The maximum atomic E-state index is 13.9. The summed E-state index contributed by atoms with van der Waals surface area (Å²) in [7, 11) is 0. The molecule has 0 aliphatic carbocycles. The molecule has 0 atom stereocenters. The zero-order valence-electron chi connectivity index (χ0n) is 11.9. The summed E-state index contributed by atoms with van der Waals surface area (Å²) in [4.78, 5) is 15.4. The molecule has 0 spiro atoms. The van der Waals surface area contributed by atoms with Crippen LogP contribution in [0.4, 0.5) is 10.1 Å². The van der Waals surface area contributed by atoms with Crippen molar-refractivity contribution >= 4 is 34.1 Å². The van der Waals surface area contributed by atoms with Crippen LogP contribution in [0.2, 0.25) is 5.02 Å². The molecule has 3 rings (SSSR count). The predicted molar refractivity (Wildman–Crippen MR) is 87.0 cm³/mol. The SMILES string of the molecule is CCc1cc(Cl)c(NC(=O)c2c[nH]c3ccccc23)cc1F. The Morgan fingerprint density at radius 3 is 2.86 bits per heavy atom. The fourth-order valence-electron chi connectivity index (χ4n) is 2.40. The Morgan fingerprint density at radius 2 is 2.09 bits per heavy atom. The van der Waals surface area contributed by atoms with Gasteiger partial charge in [0.15, 0.2) is 0 Å². The number of carbonyl (C=O) groups is 1. The van der Waals surface area contributed by atoms with Gasteiger partial charge in [-0.15, -0.1) is 0 Å². The van der Waals surface area contributed by atoms with Gasteiger partial charge in [0.25, 0.3) is 5.91 Å². The van der Waals surface area contributed by atoms with Crippen LogP contribution in [-0.2, 0) is 6.42 Å². The van der Waals surface area contributed by atoms with E-state index in [4.69, 9.17) is 11.6 Å². The first-order chi connectivity index (χ1) is 10.6. The molecule has 0 bridgehead atoms. The highest BCUT2D eigenvalue weighted by Crippen LogP contribution is 2.27. The Balaban J connectivity index is 1.93. The predicted octanol–water partition coefficient (Wildman–Crippen LogP) is 4.78.